The number of carbonyl (C=O) groups is 1. The van der Waals surface area contributed by atoms with Crippen LogP contribution in [-0.2, 0) is 21.4 Å². The molecule has 0 N–H and O–H groups in total. The van der Waals surface area contributed by atoms with Gasteiger partial charge in [-0.2, -0.15) is 0 Å². The summed E-state index contributed by atoms with van der Waals surface area (Å²) in [6.45, 7) is 5.63. The number of carbonyl (C=O) groups excluding carboxylic acids is 1. The SMILES string of the molecule is CC(C)(C)OC(=O)C1C[C@@]12CCc1ccc(F)cc12. The fraction of sp³-hybridized carbons (Fsp3) is 0.562. The van der Waals surface area contributed by atoms with Crippen LogP contribution in [-0.4, -0.2) is 11.6 Å². The minimum Gasteiger partial charge on any atom is -0.460 e. The van der Waals surface area contributed by atoms with Crippen molar-refractivity contribution in [2.24, 2.45) is 5.92 Å². The van der Waals surface area contributed by atoms with Crippen molar-refractivity contribution in [3.63, 3.8) is 0 Å². The molecule has 3 rings (SSSR count). The van der Waals surface area contributed by atoms with Crippen LogP contribution in [0.4, 0.5) is 4.39 Å². The number of ether oxygens (including phenoxy) is 1. The molecule has 0 aliphatic heterocycles. The van der Waals surface area contributed by atoms with Crippen molar-refractivity contribution in [2.45, 2.75) is 51.0 Å². The van der Waals surface area contributed by atoms with Crippen LogP contribution in [0.15, 0.2) is 18.2 Å². The Labute approximate surface area is 113 Å². The van der Waals surface area contributed by atoms with Crippen molar-refractivity contribution >= 4 is 5.97 Å². The second-order valence-corrected chi connectivity index (χ2v) is 6.75. The van der Waals surface area contributed by atoms with E-state index in [4.69, 9.17) is 4.74 Å². The number of benzene rings is 1. The van der Waals surface area contributed by atoms with E-state index in [1.807, 2.05) is 26.8 Å². The topological polar surface area (TPSA) is 26.3 Å². The molecule has 0 bridgehead atoms. The Kier molecular flexibility index (Phi) is 2.54. The Morgan fingerprint density at radius 3 is 2.84 bits per heavy atom. The van der Waals surface area contributed by atoms with Crippen LogP contribution in [0.5, 0.6) is 0 Å². The van der Waals surface area contributed by atoms with Gasteiger partial charge in [0.1, 0.15) is 11.4 Å². The van der Waals surface area contributed by atoms with Gasteiger partial charge in [0.15, 0.2) is 0 Å². The molecular weight excluding hydrogens is 243 g/mol. The summed E-state index contributed by atoms with van der Waals surface area (Å²) in [6, 6.07) is 4.96. The zero-order valence-electron chi connectivity index (χ0n) is 11.6. The Morgan fingerprint density at radius 1 is 1.42 bits per heavy atom. The van der Waals surface area contributed by atoms with Gasteiger partial charge in [-0.3, -0.25) is 4.79 Å². The van der Waals surface area contributed by atoms with Crippen LogP contribution >= 0.6 is 0 Å². The predicted octanol–water partition coefficient (Wildman–Crippen LogP) is 3.37. The molecular formula is C16H19FO2. The summed E-state index contributed by atoms with van der Waals surface area (Å²) in [5.74, 6) is -0.436. The van der Waals surface area contributed by atoms with Crippen LogP contribution < -0.4 is 0 Å². The van der Waals surface area contributed by atoms with Crippen molar-refractivity contribution in [2.75, 3.05) is 0 Å². The Hall–Kier alpha value is -1.38. The smallest absolute Gasteiger partial charge is 0.310 e. The second kappa shape index (κ2) is 3.81. The van der Waals surface area contributed by atoms with Gasteiger partial charge in [-0.15, -0.1) is 0 Å². The van der Waals surface area contributed by atoms with E-state index in [0.29, 0.717) is 0 Å². The lowest BCUT2D eigenvalue weighted by molar-refractivity contribution is -0.157. The molecule has 1 spiro atoms. The minimum absolute atomic E-state index is 0.0882. The van der Waals surface area contributed by atoms with E-state index in [0.717, 1.165) is 24.8 Å². The third kappa shape index (κ3) is 2.05. The lowest BCUT2D eigenvalue weighted by Crippen LogP contribution is -2.26. The van der Waals surface area contributed by atoms with E-state index in [-0.39, 0.29) is 23.1 Å². The van der Waals surface area contributed by atoms with Crippen LogP contribution in [0.2, 0.25) is 0 Å². The molecule has 1 fully saturated rings. The van der Waals surface area contributed by atoms with Crippen LogP contribution in [0, 0.1) is 11.7 Å². The van der Waals surface area contributed by atoms with Gasteiger partial charge in [-0.05, 0) is 63.3 Å². The Bertz CT molecular complexity index is 544. The average molecular weight is 262 g/mol. The third-order valence-electron chi connectivity index (χ3n) is 4.22. The van der Waals surface area contributed by atoms with Crippen LogP contribution in [0.1, 0.15) is 44.7 Å². The number of halogens is 1. The van der Waals surface area contributed by atoms with E-state index in [1.165, 1.54) is 11.6 Å². The molecule has 0 heterocycles. The quantitative estimate of drug-likeness (QED) is 0.725. The summed E-state index contributed by atoms with van der Waals surface area (Å²) in [6.07, 6.45) is 2.68. The molecule has 1 aromatic carbocycles. The Balaban J connectivity index is 1.83. The maximum Gasteiger partial charge on any atom is 0.310 e. The highest BCUT2D eigenvalue weighted by molar-refractivity contribution is 5.80. The fourth-order valence-electron chi connectivity index (χ4n) is 3.28. The standard InChI is InChI=1S/C16H19FO2/c1-15(2,3)19-14(18)13-9-16(13)7-6-10-4-5-11(17)8-12(10)16/h4-5,8,13H,6-7,9H2,1-3H3/t13?,16-/m1/s1. The van der Waals surface area contributed by atoms with Gasteiger partial charge >= 0.3 is 5.97 Å². The lowest BCUT2D eigenvalue weighted by Gasteiger charge is -2.20. The van der Waals surface area contributed by atoms with Gasteiger partial charge in [-0.25, -0.2) is 4.39 Å². The van der Waals surface area contributed by atoms with Crippen LogP contribution in [0.25, 0.3) is 0 Å². The van der Waals surface area contributed by atoms with E-state index < -0.39 is 5.60 Å². The maximum atomic E-state index is 13.4. The predicted molar refractivity (Wildman–Crippen MR) is 70.4 cm³/mol. The highest BCUT2D eigenvalue weighted by Gasteiger charge is 2.62. The zero-order chi connectivity index (χ0) is 13.8. The number of hydrogen-bond donors (Lipinski definition) is 0. The zero-order valence-corrected chi connectivity index (χ0v) is 11.6. The highest BCUT2D eigenvalue weighted by Crippen LogP contribution is 2.62. The summed E-state index contributed by atoms with van der Waals surface area (Å²) in [4.78, 5) is 12.2. The monoisotopic (exact) mass is 262 g/mol. The second-order valence-electron chi connectivity index (χ2n) is 6.75. The van der Waals surface area contributed by atoms with Crippen molar-refractivity contribution in [1.29, 1.82) is 0 Å². The molecule has 0 radical (unpaired) electrons. The van der Waals surface area contributed by atoms with Crippen LogP contribution in [0.3, 0.4) is 0 Å². The van der Waals surface area contributed by atoms with Gasteiger partial charge in [0.25, 0.3) is 0 Å². The number of rotatable bonds is 1. The molecule has 3 heteroatoms. The first kappa shape index (κ1) is 12.6. The van der Waals surface area contributed by atoms with Gasteiger partial charge in [0.05, 0.1) is 5.92 Å². The molecule has 0 aromatic heterocycles. The molecule has 0 saturated heterocycles. The molecule has 102 valence electrons. The van der Waals surface area contributed by atoms with Crippen molar-refractivity contribution in [1.82, 2.24) is 0 Å². The summed E-state index contributed by atoms with van der Waals surface area (Å²) in [5, 5.41) is 0. The molecule has 1 saturated carbocycles. The molecule has 0 amide bonds. The molecule has 2 atom stereocenters. The fourth-order valence-corrected chi connectivity index (χ4v) is 3.28. The first-order valence-electron chi connectivity index (χ1n) is 6.84. The van der Waals surface area contributed by atoms with Gasteiger partial charge in [-0.1, -0.05) is 6.07 Å². The number of fused-ring (bicyclic) bond motifs is 2. The maximum absolute atomic E-state index is 13.4. The molecule has 1 aromatic rings. The normalized spacial score (nSPS) is 28.3. The molecule has 2 aliphatic rings. The van der Waals surface area contributed by atoms with E-state index in [2.05, 4.69) is 0 Å². The third-order valence-corrected chi connectivity index (χ3v) is 4.22. The number of hydrogen-bond acceptors (Lipinski definition) is 2. The first-order chi connectivity index (χ1) is 8.82. The van der Waals surface area contributed by atoms with E-state index in [9.17, 15) is 9.18 Å². The van der Waals surface area contributed by atoms with Crippen molar-refractivity contribution in [3.8, 4) is 0 Å². The molecule has 2 nitrogen and oxygen atoms in total. The van der Waals surface area contributed by atoms with E-state index in [1.54, 1.807) is 6.07 Å². The Morgan fingerprint density at radius 2 is 2.16 bits per heavy atom. The molecule has 2 aliphatic carbocycles. The average Bonchev–Trinajstić information content (AvgIpc) is 2.90. The summed E-state index contributed by atoms with van der Waals surface area (Å²) in [7, 11) is 0. The van der Waals surface area contributed by atoms with Gasteiger partial charge < -0.3 is 4.74 Å². The summed E-state index contributed by atoms with van der Waals surface area (Å²) in [5.41, 5.74) is 1.63. The lowest BCUT2D eigenvalue weighted by atomic mass is 9.95. The molecule has 1 unspecified atom stereocenters. The molecule has 19 heavy (non-hydrogen) atoms. The van der Waals surface area contributed by atoms with Crippen molar-refractivity contribution in [3.05, 3.63) is 35.1 Å². The van der Waals surface area contributed by atoms with Gasteiger partial charge in [0.2, 0.25) is 0 Å². The van der Waals surface area contributed by atoms with E-state index >= 15 is 0 Å². The van der Waals surface area contributed by atoms with Crippen molar-refractivity contribution < 1.29 is 13.9 Å². The highest BCUT2D eigenvalue weighted by atomic mass is 19.1. The summed E-state index contributed by atoms with van der Waals surface area (Å²) < 4.78 is 18.9. The summed E-state index contributed by atoms with van der Waals surface area (Å²) >= 11 is 0. The largest absolute Gasteiger partial charge is 0.460 e. The minimum atomic E-state index is -0.454. The number of esters is 1. The first-order valence-corrected chi connectivity index (χ1v) is 6.84. The number of aryl methyl sites for hydroxylation is 1. The van der Waals surface area contributed by atoms with Gasteiger partial charge in [0, 0.05) is 5.41 Å².